The second-order valence-corrected chi connectivity index (χ2v) is 3.30. The second-order valence-electron chi connectivity index (χ2n) is 2.87. The lowest BCUT2D eigenvalue weighted by Crippen LogP contribution is -2.01. The van der Waals surface area contributed by atoms with Crippen LogP contribution in [0.4, 0.5) is 0 Å². The minimum atomic E-state index is 0.579. The number of hydrogen-bond donors (Lipinski definition) is 1. The molecular weight excluding hydrogens is 170 g/mol. The highest BCUT2D eigenvalue weighted by Gasteiger charge is 1.99. The van der Waals surface area contributed by atoms with Crippen molar-refractivity contribution < 1.29 is 0 Å². The van der Waals surface area contributed by atoms with Gasteiger partial charge in [-0.25, -0.2) is 0 Å². The molecule has 2 N–H and O–H groups in total. The minimum absolute atomic E-state index is 0.579. The van der Waals surface area contributed by atoms with Gasteiger partial charge in [-0.1, -0.05) is 31.0 Å². The van der Waals surface area contributed by atoms with Gasteiger partial charge in [-0.3, -0.25) is 0 Å². The summed E-state index contributed by atoms with van der Waals surface area (Å²) in [6.07, 6.45) is 2.23. The van der Waals surface area contributed by atoms with Crippen molar-refractivity contribution in [2.24, 2.45) is 5.73 Å². The molecule has 12 heavy (non-hydrogen) atoms. The molecule has 1 nitrogen and oxygen atoms in total. The van der Waals surface area contributed by atoms with Gasteiger partial charge in [0, 0.05) is 11.6 Å². The average molecular weight is 184 g/mol. The van der Waals surface area contributed by atoms with Crippen molar-refractivity contribution >= 4 is 11.6 Å². The number of benzene rings is 1. The van der Waals surface area contributed by atoms with Crippen LogP contribution >= 0.6 is 11.6 Å². The molecule has 0 aromatic heterocycles. The SMILES string of the molecule is CCCc1ccc(Cl)cc1CN. The Balaban J connectivity index is 2.94. The first kappa shape index (κ1) is 9.56. The number of halogens is 1. The Morgan fingerprint density at radius 2 is 2.08 bits per heavy atom. The summed E-state index contributed by atoms with van der Waals surface area (Å²) in [6.45, 7) is 2.74. The van der Waals surface area contributed by atoms with Crippen molar-refractivity contribution in [1.82, 2.24) is 0 Å². The molecule has 0 radical (unpaired) electrons. The van der Waals surface area contributed by atoms with E-state index in [0.29, 0.717) is 6.54 Å². The molecule has 0 atom stereocenters. The molecule has 0 saturated heterocycles. The topological polar surface area (TPSA) is 26.0 Å². The quantitative estimate of drug-likeness (QED) is 0.767. The zero-order valence-electron chi connectivity index (χ0n) is 7.31. The van der Waals surface area contributed by atoms with E-state index in [1.54, 1.807) is 0 Å². The monoisotopic (exact) mass is 183 g/mol. The summed E-state index contributed by atoms with van der Waals surface area (Å²) in [7, 11) is 0. The van der Waals surface area contributed by atoms with Crippen LogP contribution in [0, 0.1) is 0 Å². The summed E-state index contributed by atoms with van der Waals surface area (Å²) in [4.78, 5) is 0. The number of aryl methyl sites for hydroxylation is 1. The fourth-order valence-corrected chi connectivity index (χ4v) is 1.49. The van der Waals surface area contributed by atoms with Gasteiger partial charge in [-0.05, 0) is 29.7 Å². The Morgan fingerprint density at radius 3 is 2.67 bits per heavy atom. The van der Waals surface area contributed by atoms with Gasteiger partial charge in [0.1, 0.15) is 0 Å². The first-order valence-electron chi connectivity index (χ1n) is 4.25. The molecule has 0 aliphatic carbocycles. The van der Waals surface area contributed by atoms with E-state index in [1.165, 1.54) is 11.1 Å². The molecule has 1 aromatic rings. The van der Waals surface area contributed by atoms with Crippen LogP contribution in [0.3, 0.4) is 0 Å². The molecule has 0 fully saturated rings. The Hall–Kier alpha value is -0.530. The molecule has 0 amide bonds. The fraction of sp³-hybridized carbons (Fsp3) is 0.400. The molecule has 0 aliphatic heterocycles. The molecule has 1 aromatic carbocycles. The Bertz CT molecular complexity index is 258. The molecule has 2 heteroatoms. The predicted octanol–water partition coefficient (Wildman–Crippen LogP) is 2.75. The van der Waals surface area contributed by atoms with Crippen LogP contribution < -0.4 is 5.73 Å². The van der Waals surface area contributed by atoms with E-state index in [9.17, 15) is 0 Å². The molecule has 1 rings (SSSR count). The molecule has 0 saturated carbocycles. The average Bonchev–Trinajstić information content (AvgIpc) is 2.08. The van der Waals surface area contributed by atoms with Gasteiger partial charge in [0.05, 0.1) is 0 Å². The van der Waals surface area contributed by atoms with E-state index in [-0.39, 0.29) is 0 Å². The van der Waals surface area contributed by atoms with Gasteiger partial charge in [0.25, 0.3) is 0 Å². The van der Waals surface area contributed by atoms with Crippen LogP contribution in [0.15, 0.2) is 18.2 Å². The Kier molecular flexibility index (Phi) is 3.57. The highest BCUT2D eigenvalue weighted by molar-refractivity contribution is 6.30. The zero-order chi connectivity index (χ0) is 8.97. The lowest BCUT2D eigenvalue weighted by molar-refractivity contribution is 0.893. The molecule has 0 heterocycles. The maximum atomic E-state index is 5.84. The summed E-state index contributed by atoms with van der Waals surface area (Å²) in [6, 6.07) is 5.94. The van der Waals surface area contributed by atoms with Gasteiger partial charge < -0.3 is 5.73 Å². The van der Waals surface area contributed by atoms with E-state index in [2.05, 4.69) is 13.0 Å². The lowest BCUT2D eigenvalue weighted by atomic mass is 10.0. The van der Waals surface area contributed by atoms with Crippen molar-refractivity contribution in [2.45, 2.75) is 26.3 Å². The van der Waals surface area contributed by atoms with Crippen molar-refractivity contribution in [3.05, 3.63) is 34.3 Å². The predicted molar refractivity (Wildman–Crippen MR) is 53.3 cm³/mol. The highest BCUT2D eigenvalue weighted by atomic mass is 35.5. The van der Waals surface area contributed by atoms with Crippen molar-refractivity contribution in [2.75, 3.05) is 0 Å². The third-order valence-electron chi connectivity index (χ3n) is 1.91. The lowest BCUT2D eigenvalue weighted by Gasteiger charge is -2.06. The van der Waals surface area contributed by atoms with Crippen LogP contribution in [0.1, 0.15) is 24.5 Å². The molecule has 66 valence electrons. The van der Waals surface area contributed by atoms with Gasteiger partial charge in [0.2, 0.25) is 0 Å². The van der Waals surface area contributed by atoms with Crippen LogP contribution in [-0.2, 0) is 13.0 Å². The Labute approximate surface area is 78.5 Å². The van der Waals surface area contributed by atoms with E-state index in [0.717, 1.165) is 17.9 Å². The second kappa shape index (κ2) is 4.48. The molecular formula is C10H14ClN. The van der Waals surface area contributed by atoms with Crippen LogP contribution in [-0.4, -0.2) is 0 Å². The van der Waals surface area contributed by atoms with Gasteiger partial charge in [-0.15, -0.1) is 0 Å². The third-order valence-corrected chi connectivity index (χ3v) is 2.14. The fourth-order valence-electron chi connectivity index (χ4n) is 1.30. The van der Waals surface area contributed by atoms with Crippen LogP contribution in [0.5, 0.6) is 0 Å². The van der Waals surface area contributed by atoms with E-state index in [4.69, 9.17) is 17.3 Å². The summed E-state index contributed by atoms with van der Waals surface area (Å²) in [5.74, 6) is 0. The summed E-state index contributed by atoms with van der Waals surface area (Å²) in [5.41, 5.74) is 8.09. The zero-order valence-corrected chi connectivity index (χ0v) is 8.06. The van der Waals surface area contributed by atoms with Crippen LogP contribution in [0.25, 0.3) is 0 Å². The first-order chi connectivity index (χ1) is 5.77. The normalized spacial score (nSPS) is 10.2. The first-order valence-corrected chi connectivity index (χ1v) is 4.63. The summed E-state index contributed by atoms with van der Waals surface area (Å²) < 4.78 is 0. The van der Waals surface area contributed by atoms with E-state index >= 15 is 0 Å². The molecule has 0 aliphatic rings. The standard InChI is InChI=1S/C10H14ClN/c1-2-3-8-4-5-10(11)6-9(8)7-12/h4-6H,2-3,7,12H2,1H3. The molecule has 0 spiro atoms. The number of hydrogen-bond acceptors (Lipinski definition) is 1. The Morgan fingerprint density at radius 1 is 1.33 bits per heavy atom. The van der Waals surface area contributed by atoms with Gasteiger partial charge in [0.15, 0.2) is 0 Å². The third kappa shape index (κ3) is 2.23. The van der Waals surface area contributed by atoms with Gasteiger partial charge >= 0.3 is 0 Å². The van der Waals surface area contributed by atoms with Crippen molar-refractivity contribution in [3.63, 3.8) is 0 Å². The van der Waals surface area contributed by atoms with Crippen LogP contribution in [0.2, 0.25) is 5.02 Å². The maximum Gasteiger partial charge on any atom is 0.0409 e. The van der Waals surface area contributed by atoms with Crippen molar-refractivity contribution in [3.8, 4) is 0 Å². The van der Waals surface area contributed by atoms with Crippen molar-refractivity contribution in [1.29, 1.82) is 0 Å². The smallest absolute Gasteiger partial charge is 0.0409 e. The summed E-state index contributed by atoms with van der Waals surface area (Å²) in [5, 5.41) is 0.773. The number of rotatable bonds is 3. The van der Waals surface area contributed by atoms with Gasteiger partial charge in [-0.2, -0.15) is 0 Å². The highest BCUT2D eigenvalue weighted by Crippen LogP contribution is 2.16. The maximum absolute atomic E-state index is 5.84. The van der Waals surface area contributed by atoms with E-state index < -0.39 is 0 Å². The molecule has 0 unspecified atom stereocenters. The minimum Gasteiger partial charge on any atom is -0.326 e. The van der Waals surface area contributed by atoms with E-state index in [1.807, 2.05) is 12.1 Å². The summed E-state index contributed by atoms with van der Waals surface area (Å²) >= 11 is 5.84. The number of nitrogens with two attached hydrogens (primary N) is 1. The molecule has 0 bridgehead atoms. The largest absolute Gasteiger partial charge is 0.326 e.